The first kappa shape index (κ1) is 17.5. The van der Waals surface area contributed by atoms with Gasteiger partial charge >= 0.3 is 16.1 Å². The number of amides is 1. The minimum absolute atomic E-state index is 0.0588. The molecule has 1 aliphatic rings. The van der Waals surface area contributed by atoms with Crippen molar-refractivity contribution < 1.29 is 22.4 Å². The summed E-state index contributed by atoms with van der Waals surface area (Å²) < 4.78 is 38.7. The van der Waals surface area contributed by atoms with Crippen molar-refractivity contribution in [3.63, 3.8) is 0 Å². The number of rotatable bonds is 6. The maximum Gasteiger partial charge on any atom is 0.304 e. The van der Waals surface area contributed by atoms with E-state index in [1.807, 2.05) is 18.2 Å². The minimum Gasteiger partial charge on any atom is -0.489 e. The third-order valence-corrected chi connectivity index (χ3v) is 5.46. The molecular weight excluding hydrogens is 344 g/mol. The van der Waals surface area contributed by atoms with Crippen molar-refractivity contribution in [3.8, 4) is 5.75 Å². The van der Waals surface area contributed by atoms with Gasteiger partial charge in [-0.15, -0.1) is 0 Å². The van der Waals surface area contributed by atoms with E-state index in [4.69, 9.17) is 9.15 Å². The van der Waals surface area contributed by atoms with Crippen LogP contribution in [0.5, 0.6) is 5.75 Å². The van der Waals surface area contributed by atoms with Crippen LogP contribution < -0.4 is 9.46 Å². The van der Waals surface area contributed by atoms with Crippen LogP contribution in [0.4, 0.5) is 0 Å². The summed E-state index contributed by atoms with van der Waals surface area (Å²) in [5.41, 5.74) is 0.482. The largest absolute Gasteiger partial charge is 0.489 e. The van der Waals surface area contributed by atoms with Gasteiger partial charge in [-0.25, -0.2) is 4.72 Å². The Balaban J connectivity index is 1.65. The molecule has 0 bridgehead atoms. The van der Waals surface area contributed by atoms with Crippen molar-refractivity contribution in [3.05, 3.63) is 54.0 Å². The quantitative estimate of drug-likeness (QED) is 0.850. The second kappa shape index (κ2) is 7.71. The molecular formula is C17H20N2O5S. The van der Waals surface area contributed by atoms with Gasteiger partial charge in [0.15, 0.2) is 5.76 Å². The van der Waals surface area contributed by atoms with E-state index < -0.39 is 16.1 Å². The molecule has 1 amide bonds. The van der Waals surface area contributed by atoms with Crippen molar-refractivity contribution in [2.24, 2.45) is 0 Å². The summed E-state index contributed by atoms with van der Waals surface area (Å²) in [5.74, 6) is -0.199. The lowest BCUT2D eigenvalue weighted by atomic mass is 10.2. The molecule has 0 atom stereocenters. The van der Waals surface area contributed by atoms with Crippen molar-refractivity contribution in [1.29, 1.82) is 0 Å². The van der Waals surface area contributed by atoms with Crippen molar-refractivity contribution in [2.75, 3.05) is 13.1 Å². The van der Waals surface area contributed by atoms with Gasteiger partial charge in [-0.3, -0.25) is 4.79 Å². The molecule has 0 radical (unpaired) electrons. The Morgan fingerprint density at radius 3 is 2.56 bits per heavy atom. The first-order valence-electron chi connectivity index (χ1n) is 8.13. The van der Waals surface area contributed by atoms with E-state index in [1.54, 1.807) is 18.2 Å². The zero-order chi connectivity index (χ0) is 17.7. The normalized spacial score (nSPS) is 15.7. The number of benzene rings is 1. The maximum atomic E-state index is 12.3. The van der Waals surface area contributed by atoms with Crippen molar-refractivity contribution >= 4 is 16.1 Å². The molecule has 2 heterocycles. The number of hydrogen-bond acceptors (Lipinski definition) is 5. The molecule has 134 valence electrons. The van der Waals surface area contributed by atoms with Crippen LogP contribution in [0.1, 0.15) is 35.4 Å². The van der Waals surface area contributed by atoms with Crippen LogP contribution >= 0.6 is 0 Å². The molecule has 7 nitrogen and oxygen atoms in total. The maximum absolute atomic E-state index is 12.3. The van der Waals surface area contributed by atoms with E-state index in [0.717, 1.165) is 19.3 Å². The molecule has 1 aliphatic heterocycles. The van der Waals surface area contributed by atoms with E-state index in [9.17, 15) is 13.2 Å². The molecule has 1 N–H and O–H groups in total. The van der Waals surface area contributed by atoms with Crippen LogP contribution in [0.25, 0.3) is 0 Å². The fraction of sp³-hybridized carbons (Fsp3) is 0.353. The number of carbonyl (C=O) groups excluding carboxylic acids is 1. The Morgan fingerprint density at radius 1 is 1.12 bits per heavy atom. The number of nitrogens with one attached hydrogen (secondary N) is 1. The number of nitrogens with zero attached hydrogens (tertiary/aromatic N) is 1. The predicted octanol–water partition coefficient (Wildman–Crippen LogP) is 2.32. The Bertz CT molecular complexity index is 811. The predicted molar refractivity (Wildman–Crippen MR) is 91.3 cm³/mol. The zero-order valence-electron chi connectivity index (χ0n) is 13.7. The number of furan rings is 1. The minimum atomic E-state index is -3.86. The van der Waals surface area contributed by atoms with E-state index in [1.165, 1.54) is 10.6 Å². The molecule has 0 unspecified atom stereocenters. The summed E-state index contributed by atoms with van der Waals surface area (Å²) >= 11 is 0. The van der Waals surface area contributed by atoms with Crippen LogP contribution in [0.3, 0.4) is 0 Å². The molecule has 8 heteroatoms. The monoisotopic (exact) mass is 364 g/mol. The lowest BCUT2D eigenvalue weighted by molar-refractivity contribution is 0.0948. The highest BCUT2D eigenvalue weighted by Gasteiger charge is 2.28. The fourth-order valence-electron chi connectivity index (χ4n) is 2.66. The smallest absolute Gasteiger partial charge is 0.304 e. The van der Waals surface area contributed by atoms with Gasteiger partial charge in [0.25, 0.3) is 0 Å². The van der Waals surface area contributed by atoms with Crippen molar-refractivity contribution in [1.82, 2.24) is 9.03 Å². The van der Waals surface area contributed by atoms with E-state index in [0.29, 0.717) is 24.4 Å². The number of ether oxygens (including phenoxy) is 1. The van der Waals surface area contributed by atoms with Gasteiger partial charge in [0.2, 0.25) is 0 Å². The van der Waals surface area contributed by atoms with Gasteiger partial charge in [0, 0.05) is 18.7 Å². The summed E-state index contributed by atoms with van der Waals surface area (Å²) in [6.07, 6.45) is 3.93. The second-order valence-electron chi connectivity index (χ2n) is 5.77. The second-order valence-corrected chi connectivity index (χ2v) is 7.44. The molecule has 0 spiro atoms. The molecule has 2 aromatic rings. The average molecular weight is 364 g/mol. The van der Waals surface area contributed by atoms with Crippen LogP contribution in [0.2, 0.25) is 0 Å². The molecule has 1 saturated heterocycles. The van der Waals surface area contributed by atoms with Gasteiger partial charge in [-0.2, -0.15) is 12.7 Å². The van der Waals surface area contributed by atoms with Crippen LogP contribution in [0.15, 0.2) is 47.1 Å². The highest BCUT2D eigenvalue weighted by atomic mass is 32.2. The number of para-hydroxylation sites is 1. The first-order chi connectivity index (χ1) is 12.1. The summed E-state index contributed by atoms with van der Waals surface area (Å²) in [7, 11) is -3.86. The molecule has 0 aliphatic carbocycles. The first-order valence-corrected chi connectivity index (χ1v) is 9.57. The Labute approximate surface area is 146 Å². The summed E-state index contributed by atoms with van der Waals surface area (Å²) in [6.45, 7) is 0.947. The highest BCUT2D eigenvalue weighted by Crippen LogP contribution is 2.17. The van der Waals surface area contributed by atoms with Crippen LogP contribution in [-0.2, 0) is 16.8 Å². The third kappa shape index (κ3) is 4.40. The molecule has 25 heavy (non-hydrogen) atoms. The van der Waals surface area contributed by atoms with Gasteiger partial charge in [0.05, 0.1) is 6.26 Å². The fourth-order valence-corrected chi connectivity index (χ4v) is 3.85. The summed E-state index contributed by atoms with van der Waals surface area (Å²) in [4.78, 5) is 12.3. The molecule has 0 saturated carbocycles. The van der Waals surface area contributed by atoms with Crippen molar-refractivity contribution in [2.45, 2.75) is 25.9 Å². The topological polar surface area (TPSA) is 88.9 Å². The zero-order valence-corrected chi connectivity index (χ0v) is 14.5. The lowest BCUT2D eigenvalue weighted by Gasteiger charge is -2.25. The van der Waals surface area contributed by atoms with Gasteiger partial charge in [0.1, 0.15) is 12.4 Å². The van der Waals surface area contributed by atoms with E-state index >= 15 is 0 Å². The number of piperidine rings is 1. The molecule has 3 rings (SSSR count). The van der Waals surface area contributed by atoms with Gasteiger partial charge < -0.3 is 9.15 Å². The molecule has 1 aromatic carbocycles. The van der Waals surface area contributed by atoms with Gasteiger partial charge in [-0.05, 0) is 31.0 Å². The van der Waals surface area contributed by atoms with E-state index in [2.05, 4.69) is 4.72 Å². The lowest BCUT2D eigenvalue weighted by Crippen LogP contribution is -2.45. The Morgan fingerprint density at radius 2 is 1.84 bits per heavy atom. The number of hydrogen-bond donors (Lipinski definition) is 1. The third-order valence-electron chi connectivity index (χ3n) is 3.97. The molecule has 1 fully saturated rings. The number of carbonyl (C=O) groups is 1. The summed E-state index contributed by atoms with van der Waals surface area (Å²) in [5, 5.41) is 0. The van der Waals surface area contributed by atoms with Crippen LogP contribution in [-0.4, -0.2) is 31.7 Å². The average Bonchev–Trinajstić information content (AvgIpc) is 3.10. The Kier molecular flexibility index (Phi) is 5.40. The van der Waals surface area contributed by atoms with Crippen LogP contribution in [0, 0.1) is 0 Å². The summed E-state index contributed by atoms with van der Waals surface area (Å²) in [6, 6.07) is 10.7. The SMILES string of the molecule is O=C(NS(=O)(=O)N1CCCCC1)c1occc1COc1ccccc1. The Hall–Kier alpha value is -2.32. The van der Waals surface area contributed by atoms with E-state index in [-0.39, 0.29) is 12.4 Å². The molecule has 1 aromatic heterocycles. The van der Waals surface area contributed by atoms with Gasteiger partial charge in [-0.1, -0.05) is 24.6 Å². The highest BCUT2D eigenvalue weighted by molar-refractivity contribution is 7.87. The standard InChI is InChI=1S/C17H20N2O5S/c20-17(18-25(21,22)19-10-5-2-6-11-19)16-14(9-12-23-16)13-24-15-7-3-1-4-8-15/h1,3-4,7-9,12H,2,5-6,10-11,13H2,(H,18,20).